The summed E-state index contributed by atoms with van der Waals surface area (Å²) in [4.78, 5) is 3.91. The highest BCUT2D eigenvalue weighted by Crippen LogP contribution is 2.15. The zero-order valence-corrected chi connectivity index (χ0v) is 9.97. The quantitative estimate of drug-likeness (QED) is 0.514. The van der Waals surface area contributed by atoms with E-state index >= 15 is 0 Å². The van der Waals surface area contributed by atoms with Crippen LogP contribution in [0.25, 0.3) is 22.6 Å². The van der Waals surface area contributed by atoms with Crippen LogP contribution in [0, 0.1) is 5.21 Å². The van der Waals surface area contributed by atoms with E-state index in [1.165, 1.54) is 6.20 Å². The predicted molar refractivity (Wildman–Crippen MR) is 69.7 cm³/mol. The van der Waals surface area contributed by atoms with Crippen LogP contribution in [0.5, 0.6) is 0 Å². The topological polar surface area (TPSA) is 65.6 Å². The van der Waals surface area contributed by atoms with Gasteiger partial charge in [0.15, 0.2) is 5.69 Å². The molecule has 3 aromatic rings. The second-order valence-electron chi connectivity index (χ2n) is 3.97. The molecule has 0 bridgehead atoms. The molecule has 0 aliphatic carbocycles. The van der Waals surface area contributed by atoms with Gasteiger partial charge in [-0.2, -0.15) is 0 Å². The van der Waals surface area contributed by atoms with Gasteiger partial charge in [0.1, 0.15) is 6.20 Å². The van der Waals surface area contributed by atoms with Crippen molar-refractivity contribution in [2.45, 2.75) is 0 Å². The molecule has 1 aromatic carbocycles. The van der Waals surface area contributed by atoms with Gasteiger partial charge < -0.3 is 5.21 Å². The minimum Gasteiger partial charge on any atom is -0.710 e. The average molecular weight is 250 g/mol. The van der Waals surface area contributed by atoms with E-state index in [1.54, 1.807) is 24.5 Å². The minimum atomic E-state index is 0.266. The van der Waals surface area contributed by atoms with Crippen molar-refractivity contribution in [2.24, 2.45) is 0 Å². The molecule has 0 saturated carbocycles. The van der Waals surface area contributed by atoms with E-state index in [9.17, 15) is 5.21 Å². The summed E-state index contributed by atoms with van der Waals surface area (Å²) in [5.74, 6) is 0.266. The zero-order valence-electron chi connectivity index (χ0n) is 9.97. The van der Waals surface area contributed by atoms with Gasteiger partial charge in [0.25, 0.3) is 0 Å². The first kappa shape index (κ1) is 11.3. The number of hydrogen-bond acceptors (Lipinski definition) is 4. The van der Waals surface area contributed by atoms with E-state index in [-0.39, 0.29) is 5.82 Å². The zero-order chi connectivity index (χ0) is 13.1. The summed E-state index contributed by atoms with van der Waals surface area (Å²) in [6.45, 7) is 0. The van der Waals surface area contributed by atoms with Gasteiger partial charge in [0, 0.05) is 18.0 Å². The van der Waals surface area contributed by atoms with E-state index in [1.807, 2.05) is 30.3 Å². The number of nitrogens with zero attached hydrogens (tertiary/aromatic N) is 4. The standard InChI is InChI=1S/C14H10N4O/c19-18-10-13(11-4-2-1-3-5-11)16-17-14(18)12-6-8-15-9-7-12/h1-10H. The molecular formula is C14H10N4O. The van der Waals surface area contributed by atoms with Crippen LogP contribution in [0.1, 0.15) is 0 Å². The summed E-state index contributed by atoms with van der Waals surface area (Å²) in [5, 5.41) is 20.1. The maximum Gasteiger partial charge on any atom is 0.361 e. The van der Waals surface area contributed by atoms with Crippen LogP contribution in [0.15, 0.2) is 61.1 Å². The summed E-state index contributed by atoms with van der Waals surface area (Å²) in [6.07, 6.45) is 4.66. The molecule has 0 aliphatic heterocycles. The second kappa shape index (κ2) is 4.81. The highest BCUT2D eigenvalue weighted by molar-refractivity contribution is 5.57. The number of benzene rings is 1. The number of hydrogen-bond donors (Lipinski definition) is 0. The highest BCUT2D eigenvalue weighted by Gasteiger charge is 2.14. The molecule has 0 saturated heterocycles. The molecule has 0 amide bonds. The van der Waals surface area contributed by atoms with Gasteiger partial charge in [-0.15, -0.1) is 0 Å². The van der Waals surface area contributed by atoms with Crippen LogP contribution in [-0.4, -0.2) is 15.2 Å². The minimum absolute atomic E-state index is 0.266. The number of rotatable bonds is 2. The van der Waals surface area contributed by atoms with E-state index in [2.05, 4.69) is 15.2 Å². The monoisotopic (exact) mass is 250 g/mol. The van der Waals surface area contributed by atoms with E-state index < -0.39 is 0 Å². The van der Waals surface area contributed by atoms with Crippen LogP contribution in [-0.2, 0) is 0 Å². The molecule has 92 valence electrons. The molecule has 0 radical (unpaired) electrons. The van der Waals surface area contributed by atoms with Crippen molar-refractivity contribution in [3.8, 4) is 22.6 Å². The third-order valence-electron chi connectivity index (χ3n) is 2.71. The lowest BCUT2D eigenvalue weighted by atomic mass is 10.2. The molecule has 0 spiro atoms. The first-order valence-corrected chi connectivity index (χ1v) is 5.77. The highest BCUT2D eigenvalue weighted by atomic mass is 16.5. The first-order chi connectivity index (χ1) is 9.34. The van der Waals surface area contributed by atoms with Gasteiger partial charge in [-0.3, -0.25) is 4.98 Å². The Bertz CT molecular complexity index is 686. The lowest BCUT2D eigenvalue weighted by Crippen LogP contribution is -2.31. The number of pyridine rings is 1. The fourth-order valence-corrected chi connectivity index (χ4v) is 1.77. The van der Waals surface area contributed by atoms with Gasteiger partial charge in [-0.1, -0.05) is 30.3 Å². The van der Waals surface area contributed by atoms with E-state index in [4.69, 9.17) is 0 Å². The lowest BCUT2D eigenvalue weighted by Gasteiger charge is -2.06. The van der Waals surface area contributed by atoms with Gasteiger partial charge in [0.2, 0.25) is 0 Å². The molecule has 0 unspecified atom stereocenters. The summed E-state index contributed by atoms with van der Waals surface area (Å²) >= 11 is 0. The average Bonchev–Trinajstić information content (AvgIpc) is 2.49. The maximum atomic E-state index is 12.0. The molecule has 0 fully saturated rings. The van der Waals surface area contributed by atoms with Gasteiger partial charge in [-0.05, 0) is 17.2 Å². The van der Waals surface area contributed by atoms with Crippen LogP contribution < -0.4 is 4.73 Å². The third-order valence-corrected chi connectivity index (χ3v) is 2.71. The smallest absolute Gasteiger partial charge is 0.361 e. The molecule has 2 heterocycles. The van der Waals surface area contributed by atoms with Gasteiger partial charge >= 0.3 is 5.82 Å². The van der Waals surface area contributed by atoms with Crippen molar-refractivity contribution < 1.29 is 4.73 Å². The summed E-state index contributed by atoms with van der Waals surface area (Å²) in [5.41, 5.74) is 2.10. The Morgan fingerprint density at radius 1 is 0.842 bits per heavy atom. The third kappa shape index (κ3) is 2.26. The second-order valence-corrected chi connectivity index (χ2v) is 3.97. The van der Waals surface area contributed by atoms with E-state index in [0.29, 0.717) is 11.3 Å². The van der Waals surface area contributed by atoms with Crippen molar-refractivity contribution in [2.75, 3.05) is 0 Å². The molecule has 0 N–H and O–H groups in total. The SMILES string of the molecule is [O-][n+]1cc(-c2ccccc2)nnc1-c1ccncc1. The van der Waals surface area contributed by atoms with Crippen molar-refractivity contribution in [3.63, 3.8) is 0 Å². The van der Waals surface area contributed by atoms with Gasteiger partial charge in [-0.25, -0.2) is 4.73 Å². The molecular weight excluding hydrogens is 240 g/mol. The van der Waals surface area contributed by atoms with Crippen molar-refractivity contribution in [3.05, 3.63) is 66.3 Å². The van der Waals surface area contributed by atoms with Crippen molar-refractivity contribution in [1.29, 1.82) is 0 Å². The normalized spacial score (nSPS) is 10.3. The summed E-state index contributed by atoms with van der Waals surface area (Å²) < 4.78 is 0.727. The molecule has 0 atom stereocenters. The Hall–Kier alpha value is -2.82. The molecule has 0 aliphatic rings. The molecule has 5 heteroatoms. The lowest BCUT2D eigenvalue weighted by molar-refractivity contribution is -0.596. The number of aromatic nitrogens is 4. The Kier molecular flexibility index (Phi) is 2.86. The maximum absolute atomic E-state index is 12.0. The molecule has 19 heavy (non-hydrogen) atoms. The first-order valence-electron chi connectivity index (χ1n) is 5.77. The molecule has 3 rings (SSSR count). The van der Waals surface area contributed by atoms with Crippen LogP contribution in [0.3, 0.4) is 0 Å². The Balaban J connectivity index is 2.04. The summed E-state index contributed by atoms with van der Waals surface area (Å²) in [7, 11) is 0. The largest absolute Gasteiger partial charge is 0.710 e. The van der Waals surface area contributed by atoms with Crippen LogP contribution in [0.2, 0.25) is 0 Å². The molecule has 2 aromatic heterocycles. The van der Waals surface area contributed by atoms with E-state index in [0.717, 1.165) is 10.3 Å². The van der Waals surface area contributed by atoms with Crippen LogP contribution >= 0.6 is 0 Å². The fraction of sp³-hybridized carbons (Fsp3) is 0. The summed E-state index contributed by atoms with van der Waals surface area (Å²) in [6, 6.07) is 12.9. The Morgan fingerprint density at radius 3 is 2.26 bits per heavy atom. The molecule has 5 nitrogen and oxygen atoms in total. The van der Waals surface area contributed by atoms with Crippen LogP contribution in [0.4, 0.5) is 0 Å². The predicted octanol–water partition coefficient (Wildman–Crippen LogP) is 1.84. The van der Waals surface area contributed by atoms with Crippen molar-refractivity contribution >= 4 is 0 Å². The Morgan fingerprint density at radius 2 is 1.58 bits per heavy atom. The fourth-order valence-electron chi connectivity index (χ4n) is 1.77. The Labute approximate surface area is 109 Å². The van der Waals surface area contributed by atoms with Crippen molar-refractivity contribution in [1.82, 2.24) is 15.2 Å². The van der Waals surface area contributed by atoms with Gasteiger partial charge in [0.05, 0.1) is 10.7 Å².